The summed E-state index contributed by atoms with van der Waals surface area (Å²) in [5.74, 6) is 0.263. The fourth-order valence-electron chi connectivity index (χ4n) is 2.07. The quantitative estimate of drug-likeness (QED) is 0.868. The van der Waals surface area contributed by atoms with Crippen molar-refractivity contribution in [1.82, 2.24) is 5.32 Å². The molecule has 0 aliphatic carbocycles. The molecule has 1 aromatic carbocycles. The van der Waals surface area contributed by atoms with Gasteiger partial charge >= 0.3 is 6.09 Å². The third-order valence-electron chi connectivity index (χ3n) is 3.02. The van der Waals surface area contributed by atoms with Crippen molar-refractivity contribution in [1.29, 1.82) is 0 Å². The van der Waals surface area contributed by atoms with E-state index in [4.69, 9.17) is 4.74 Å². The van der Waals surface area contributed by atoms with Crippen LogP contribution in [-0.2, 0) is 4.74 Å². The van der Waals surface area contributed by atoms with Crippen LogP contribution in [0.5, 0.6) is 0 Å². The van der Waals surface area contributed by atoms with Gasteiger partial charge in [-0.1, -0.05) is 50.8 Å². The first-order chi connectivity index (χ1) is 8.09. The molecular weight excluding hydrogens is 214 g/mol. The fourth-order valence-corrected chi connectivity index (χ4v) is 2.07. The molecule has 1 aliphatic heterocycles. The van der Waals surface area contributed by atoms with E-state index >= 15 is 0 Å². The molecule has 17 heavy (non-hydrogen) atoms. The number of carbonyl (C=O) groups is 1. The average molecular weight is 231 g/mol. The van der Waals surface area contributed by atoms with Gasteiger partial charge in [0, 0.05) is 0 Å². The monoisotopic (exact) mass is 231 g/mol. The van der Waals surface area contributed by atoms with Crippen molar-refractivity contribution >= 4 is 11.7 Å². The normalized spacial score (nSPS) is 23.4. The Morgan fingerprint density at radius 3 is 2.59 bits per heavy atom. The second-order valence-corrected chi connectivity index (χ2v) is 4.63. The third kappa shape index (κ3) is 2.33. The van der Waals surface area contributed by atoms with Crippen LogP contribution < -0.4 is 5.32 Å². The molecule has 3 nitrogen and oxygen atoms in total. The first-order valence-corrected chi connectivity index (χ1v) is 5.81. The highest BCUT2D eigenvalue weighted by Crippen LogP contribution is 2.27. The lowest BCUT2D eigenvalue weighted by molar-refractivity contribution is 0.109. The highest BCUT2D eigenvalue weighted by Gasteiger charge is 2.37. The molecule has 1 N–H and O–H groups in total. The summed E-state index contributed by atoms with van der Waals surface area (Å²) in [7, 11) is 0. The molecule has 1 heterocycles. The van der Waals surface area contributed by atoms with Crippen LogP contribution in [0.4, 0.5) is 4.79 Å². The number of carbonyl (C=O) groups excluding carboxylic acids is 1. The molecule has 0 spiro atoms. The Bertz CT molecular complexity index is 425. The Balaban J connectivity index is 2.22. The number of rotatable bonds is 3. The van der Waals surface area contributed by atoms with E-state index < -0.39 is 0 Å². The van der Waals surface area contributed by atoms with Crippen LogP contribution in [0, 0.1) is 5.92 Å². The van der Waals surface area contributed by atoms with Crippen LogP contribution in [-0.4, -0.2) is 18.2 Å². The summed E-state index contributed by atoms with van der Waals surface area (Å²) in [6.07, 6.45) is -0.499. The molecule has 1 saturated heterocycles. The van der Waals surface area contributed by atoms with E-state index in [-0.39, 0.29) is 24.2 Å². The van der Waals surface area contributed by atoms with Crippen LogP contribution in [0.1, 0.15) is 19.4 Å². The largest absolute Gasteiger partial charge is 0.443 e. The maximum atomic E-state index is 11.3. The number of hydrogen-bond acceptors (Lipinski definition) is 2. The van der Waals surface area contributed by atoms with Gasteiger partial charge < -0.3 is 10.1 Å². The number of ether oxygens (including phenoxy) is 1. The van der Waals surface area contributed by atoms with Crippen LogP contribution in [0.25, 0.3) is 5.57 Å². The van der Waals surface area contributed by atoms with E-state index in [0.29, 0.717) is 0 Å². The van der Waals surface area contributed by atoms with Crippen molar-refractivity contribution < 1.29 is 9.53 Å². The molecule has 2 atom stereocenters. The van der Waals surface area contributed by atoms with Crippen molar-refractivity contribution in [2.45, 2.75) is 26.0 Å². The lowest BCUT2D eigenvalue weighted by atomic mass is 9.91. The lowest BCUT2D eigenvalue weighted by Crippen LogP contribution is -2.35. The average Bonchev–Trinajstić information content (AvgIpc) is 2.72. The number of cyclic esters (lactones) is 1. The standard InChI is InChI=1S/C14H17NO2/c1-9(2)13-12(15-14(16)17-13)10(3)11-7-5-4-6-8-11/h4-9,12-13H,3H2,1-2H3,(H,15,16)/t12-,13+/m0/s1. The van der Waals surface area contributed by atoms with E-state index in [9.17, 15) is 4.79 Å². The topological polar surface area (TPSA) is 38.3 Å². The lowest BCUT2D eigenvalue weighted by Gasteiger charge is -2.22. The van der Waals surface area contributed by atoms with Gasteiger partial charge in [-0.05, 0) is 17.1 Å². The molecule has 0 unspecified atom stereocenters. The van der Waals surface area contributed by atoms with E-state index in [0.717, 1.165) is 11.1 Å². The van der Waals surface area contributed by atoms with Gasteiger partial charge in [0.2, 0.25) is 0 Å². The smallest absolute Gasteiger partial charge is 0.408 e. The summed E-state index contributed by atoms with van der Waals surface area (Å²) < 4.78 is 5.27. The highest BCUT2D eigenvalue weighted by atomic mass is 16.6. The minimum atomic E-state index is -0.356. The molecule has 3 heteroatoms. The second-order valence-electron chi connectivity index (χ2n) is 4.63. The zero-order chi connectivity index (χ0) is 12.4. The highest BCUT2D eigenvalue weighted by molar-refractivity contribution is 5.78. The predicted molar refractivity (Wildman–Crippen MR) is 67.5 cm³/mol. The van der Waals surface area contributed by atoms with Crippen LogP contribution in [0.15, 0.2) is 36.9 Å². The van der Waals surface area contributed by atoms with Crippen LogP contribution in [0.2, 0.25) is 0 Å². The van der Waals surface area contributed by atoms with Crippen molar-refractivity contribution in [3.05, 3.63) is 42.5 Å². The molecule has 0 bridgehead atoms. The summed E-state index contributed by atoms with van der Waals surface area (Å²) in [6, 6.07) is 9.73. The van der Waals surface area contributed by atoms with E-state index in [2.05, 4.69) is 11.9 Å². The van der Waals surface area contributed by atoms with Crippen molar-refractivity contribution in [2.75, 3.05) is 0 Å². The Morgan fingerprint density at radius 1 is 1.35 bits per heavy atom. The first-order valence-electron chi connectivity index (χ1n) is 5.81. The molecule has 1 amide bonds. The van der Waals surface area contributed by atoms with Crippen molar-refractivity contribution in [3.63, 3.8) is 0 Å². The molecule has 90 valence electrons. The van der Waals surface area contributed by atoms with Crippen LogP contribution in [0.3, 0.4) is 0 Å². The molecule has 1 fully saturated rings. The summed E-state index contributed by atoms with van der Waals surface area (Å²) in [5.41, 5.74) is 1.93. The number of alkyl carbamates (subject to hydrolysis) is 1. The van der Waals surface area contributed by atoms with Crippen molar-refractivity contribution in [2.24, 2.45) is 5.92 Å². The molecule has 0 radical (unpaired) electrons. The number of nitrogens with one attached hydrogen (secondary N) is 1. The van der Waals surface area contributed by atoms with E-state index in [1.54, 1.807) is 0 Å². The Kier molecular flexibility index (Phi) is 3.18. The Hall–Kier alpha value is -1.77. The van der Waals surface area contributed by atoms with Gasteiger partial charge in [-0.15, -0.1) is 0 Å². The van der Waals surface area contributed by atoms with Gasteiger partial charge in [0.1, 0.15) is 6.10 Å². The van der Waals surface area contributed by atoms with Gasteiger partial charge in [0.25, 0.3) is 0 Å². The number of benzene rings is 1. The Labute approximate surface area is 101 Å². The Morgan fingerprint density at radius 2 is 2.00 bits per heavy atom. The summed E-state index contributed by atoms with van der Waals surface area (Å²) >= 11 is 0. The minimum absolute atomic E-state index is 0.134. The van der Waals surface area contributed by atoms with E-state index in [1.807, 2.05) is 44.2 Å². The summed E-state index contributed by atoms with van der Waals surface area (Å²) in [4.78, 5) is 11.3. The van der Waals surface area contributed by atoms with Gasteiger partial charge in [0.15, 0.2) is 0 Å². The zero-order valence-electron chi connectivity index (χ0n) is 10.1. The molecule has 1 aromatic rings. The molecule has 0 aromatic heterocycles. The maximum absolute atomic E-state index is 11.3. The van der Waals surface area contributed by atoms with E-state index in [1.165, 1.54) is 0 Å². The molecule has 1 aliphatic rings. The number of amides is 1. The minimum Gasteiger partial charge on any atom is -0.443 e. The molecule has 0 saturated carbocycles. The van der Waals surface area contributed by atoms with Crippen LogP contribution >= 0.6 is 0 Å². The van der Waals surface area contributed by atoms with Crippen molar-refractivity contribution in [3.8, 4) is 0 Å². The molecule has 2 rings (SSSR count). The predicted octanol–water partition coefficient (Wildman–Crippen LogP) is 2.83. The summed E-state index contributed by atoms with van der Waals surface area (Å²) in [6.45, 7) is 8.16. The third-order valence-corrected chi connectivity index (χ3v) is 3.02. The zero-order valence-corrected chi connectivity index (χ0v) is 10.1. The fraction of sp³-hybridized carbons (Fsp3) is 0.357. The summed E-state index contributed by atoms with van der Waals surface area (Å²) in [5, 5.41) is 2.82. The SMILES string of the molecule is C=C(c1ccccc1)[C@@H]1NC(=O)O[C@@H]1C(C)C. The number of hydrogen-bond donors (Lipinski definition) is 1. The van der Waals surface area contributed by atoms with Gasteiger partial charge in [-0.3, -0.25) is 0 Å². The van der Waals surface area contributed by atoms with Gasteiger partial charge in [0.05, 0.1) is 6.04 Å². The molecular formula is C14H17NO2. The first kappa shape index (κ1) is 11.7. The maximum Gasteiger partial charge on any atom is 0.408 e. The second kappa shape index (κ2) is 4.62. The van der Waals surface area contributed by atoms with Gasteiger partial charge in [-0.2, -0.15) is 0 Å². The van der Waals surface area contributed by atoms with Gasteiger partial charge in [-0.25, -0.2) is 4.79 Å².